The largest absolute Gasteiger partial charge is 0.412 e. The van der Waals surface area contributed by atoms with Crippen LogP contribution in [0, 0.1) is 0 Å². The van der Waals surface area contributed by atoms with Crippen molar-refractivity contribution in [3.8, 4) is 22.9 Å². The molecular weight excluding hydrogens is 318 g/mol. The number of allylic oxidation sites excluding steroid dienone is 1. The van der Waals surface area contributed by atoms with Gasteiger partial charge in [-0.1, -0.05) is 36.4 Å². The van der Waals surface area contributed by atoms with Gasteiger partial charge in [-0.15, -0.1) is 6.58 Å². The van der Waals surface area contributed by atoms with Crippen molar-refractivity contribution in [1.82, 2.24) is 14.5 Å². The number of aromatic nitrogens is 3. The Hall–Kier alpha value is -1.98. The molecule has 0 amide bonds. The molecule has 2 N–H and O–H groups in total. The number of hydrogen-bond acceptors (Lipinski definition) is 2. The van der Waals surface area contributed by atoms with Gasteiger partial charge in [0, 0.05) is 22.8 Å². The minimum Gasteiger partial charge on any atom is -0.412 e. The van der Waals surface area contributed by atoms with Gasteiger partial charge >= 0.3 is 0 Å². The molecule has 20 heavy (non-hydrogen) atoms. The van der Waals surface area contributed by atoms with Crippen molar-refractivity contribution in [3.05, 3.63) is 59.7 Å². The fraction of sp³-hybridized carbons (Fsp3) is 0.0667. The standard InChI is InChI=1S/C15H12BrN3.H2O/c1-2-8-19-10-12(16)9-13-15(19)18-14(17-13)11-6-4-3-5-7-11;/h2-7,9-10H,1,8H2;1H2. The minimum absolute atomic E-state index is 0. The highest BCUT2D eigenvalue weighted by Gasteiger charge is 2.15. The normalized spacial score (nSPS) is 10.2. The number of hydrogen-bond donors (Lipinski definition) is 0. The zero-order chi connectivity index (χ0) is 13.2. The first-order valence-electron chi connectivity index (χ1n) is 5.97. The average Bonchev–Trinajstić information content (AvgIpc) is 2.84. The third-order valence-corrected chi connectivity index (χ3v) is 3.28. The molecule has 0 bridgehead atoms. The third kappa shape index (κ3) is 2.64. The van der Waals surface area contributed by atoms with Gasteiger partial charge in [-0.2, -0.15) is 0 Å². The van der Waals surface area contributed by atoms with Crippen LogP contribution in [0.4, 0.5) is 0 Å². The topological polar surface area (TPSA) is 62.2 Å². The molecule has 2 aliphatic rings. The lowest BCUT2D eigenvalue weighted by atomic mass is 10.2. The number of rotatable bonds is 3. The summed E-state index contributed by atoms with van der Waals surface area (Å²) < 4.78 is 3.02. The van der Waals surface area contributed by atoms with Crippen molar-refractivity contribution in [2.75, 3.05) is 0 Å². The molecule has 2 heterocycles. The number of fused-ring (bicyclic) bond motifs is 1. The Morgan fingerprint density at radius 3 is 2.65 bits per heavy atom. The van der Waals surface area contributed by atoms with Crippen molar-refractivity contribution in [1.29, 1.82) is 0 Å². The molecule has 3 rings (SSSR count). The van der Waals surface area contributed by atoms with E-state index in [1.807, 2.05) is 53.2 Å². The molecule has 0 aliphatic carbocycles. The summed E-state index contributed by atoms with van der Waals surface area (Å²) in [5, 5.41) is 0. The van der Waals surface area contributed by atoms with Gasteiger partial charge in [0.05, 0.1) is 0 Å². The van der Waals surface area contributed by atoms with Crippen LogP contribution in [0.2, 0.25) is 0 Å². The average molecular weight is 332 g/mol. The molecule has 0 saturated carbocycles. The van der Waals surface area contributed by atoms with Crippen LogP contribution >= 0.6 is 15.9 Å². The Balaban J connectivity index is 0.00000147. The summed E-state index contributed by atoms with van der Waals surface area (Å²) in [4.78, 5) is 9.22. The summed E-state index contributed by atoms with van der Waals surface area (Å²) in [5.41, 5.74) is 1.91. The molecular formula is C15H14BrN3O. The number of pyridine rings is 1. The third-order valence-electron chi connectivity index (χ3n) is 2.85. The van der Waals surface area contributed by atoms with Gasteiger partial charge in [-0.05, 0) is 22.0 Å². The van der Waals surface area contributed by atoms with Crippen LogP contribution in [0.25, 0.3) is 22.9 Å². The first kappa shape index (κ1) is 14.4. The molecule has 0 radical (unpaired) electrons. The summed E-state index contributed by atoms with van der Waals surface area (Å²) >= 11 is 3.50. The van der Waals surface area contributed by atoms with Crippen LogP contribution in [0.5, 0.6) is 0 Å². The second kappa shape index (κ2) is 5.98. The summed E-state index contributed by atoms with van der Waals surface area (Å²) in [6, 6.07) is 12.0. The smallest absolute Gasteiger partial charge is 0.162 e. The van der Waals surface area contributed by atoms with Crippen LogP contribution < -0.4 is 0 Å². The summed E-state index contributed by atoms with van der Waals surface area (Å²) in [5.74, 6) is 1.63. The Morgan fingerprint density at radius 1 is 1.20 bits per heavy atom. The molecule has 0 spiro atoms. The summed E-state index contributed by atoms with van der Waals surface area (Å²) in [6.45, 7) is 4.48. The molecule has 102 valence electrons. The molecule has 0 saturated heterocycles. The quantitative estimate of drug-likeness (QED) is 0.692. The van der Waals surface area contributed by atoms with Crippen LogP contribution in [0.1, 0.15) is 0 Å². The lowest BCUT2D eigenvalue weighted by Gasteiger charge is -2.08. The zero-order valence-corrected chi connectivity index (χ0v) is 12.3. The Morgan fingerprint density at radius 2 is 1.95 bits per heavy atom. The number of nitrogens with zero attached hydrogens (tertiary/aromatic N) is 3. The maximum absolute atomic E-state index is 4.63. The van der Waals surface area contributed by atoms with Gasteiger partial charge in [0.2, 0.25) is 0 Å². The van der Waals surface area contributed by atoms with E-state index < -0.39 is 0 Å². The van der Waals surface area contributed by atoms with E-state index in [1.165, 1.54) is 0 Å². The lowest BCUT2D eigenvalue weighted by molar-refractivity contribution is 0.803. The SMILES string of the molecule is C=CCn1cc(Br)cc2nc(-c3ccccc3)nc1-2.O. The van der Waals surface area contributed by atoms with E-state index in [0.29, 0.717) is 6.54 Å². The second-order valence-corrected chi connectivity index (χ2v) is 5.14. The Bertz CT molecular complexity index is 694. The Labute approximate surface area is 125 Å². The number of benzene rings is 1. The fourth-order valence-electron chi connectivity index (χ4n) is 2.03. The maximum atomic E-state index is 4.63. The molecule has 0 aromatic heterocycles. The van der Waals surface area contributed by atoms with Gasteiger partial charge in [0.15, 0.2) is 11.6 Å². The van der Waals surface area contributed by atoms with Crippen LogP contribution in [0.15, 0.2) is 59.7 Å². The van der Waals surface area contributed by atoms with E-state index in [1.54, 1.807) is 0 Å². The molecule has 2 aliphatic heterocycles. The highest BCUT2D eigenvalue weighted by atomic mass is 79.9. The highest BCUT2D eigenvalue weighted by Crippen LogP contribution is 2.27. The van der Waals surface area contributed by atoms with Gasteiger partial charge in [0.1, 0.15) is 5.69 Å². The van der Waals surface area contributed by atoms with Crippen molar-refractivity contribution >= 4 is 15.9 Å². The van der Waals surface area contributed by atoms with Crippen molar-refractivity contribution in [3.63, 3.8) is 0 Å². The molecule has 5 heteroatoms. The predicted octanol–water partition coefficient (Wildman–Crippen LogP) is 3.17. The van der Waals surface area contributed by atoms with Gasteiger partial charge in [-0.3, -0.25) is 0 Å². The highest BCUT2D eigenvalue weighted by molar-refractivity contribution is 9.10. The monoisotopic (exact) mass is 331 g/mol. The van der Waals surface area contributed by atoms with E-state index in [2.05, 4.69) is 32.5 Å². The van der Waals surface area contributed by atoms with Gasteiger partial charge in [-0.25, -0.2) is 9.97 Å². The first-order chi connectivity index (χ1) is 9.28. The van der Waals surface area contributed by atoms with Gasteiger partial charge < -0.3 is 10.0 Å². The van der Waals surface area contributed by atoms with Crippen LogP contribution in [-0.4, -0.2) is 20.0 Å². The van der Waals surface area contributed by atoms with Crippen molar-refractivity contribution < 1.29 is 5.48 Å². The minimum atomic E-state index is 0. The number of imidazole rings is 1. The predicted molar refractivity (Wildman–Crippen MR) is 83.6 cm³/mol. The first-order valence-corrected chi connectivity index (χ1v) is 6.77. The van der Waals surface area contributed by atoms with E-state index >= 15 is 0 Å². The molecule has 0 unspecified atom stereocenters. The lowest BCUT2D eigenvalue weighted by Crippen LogP contribution is -2.01. The molecule has 0 fully saturated rings. The maximum Gasteiger partial charge on any atom is 0.162 e. The van der Waals surface area contributed by atoms with E-state index in [9.17, 15) is 0 Å². The van der Waals surface area contributed by atoms with Gasteiger partial charge in [0.25, 0.3) is 0 Å². The summed E-state index contributed by atoms with van der Waals surface area (Å²) in [7, 11) is 0. The van der Waals surface area contributed by atoms with Crippen molar-refractivity contribution in [2.45, 2.75) is 6.54 Å². The van der Waals surface area contributed by atoms with E-state index in [0.717, 1.165) is 27.4 Å². The molecule has 4 nitrogen and oxygen atoms in total. The Kier molecular flexibility index (Phi) is 4.32. The second-order valence-electron chi connectivity index (χ2n) is 4.22. The van der Waals surface area contributed by atoms with E-state index in [-0.39, 0.29) is 5.48 Å². The molecule has 1 aromatic rings. The zero-order valence-electron chi connectivity index (χ0n) is 10.8. The number of halogens is 1. The van der Waals surface area contributed by atoms with Crippen molar-refractivity contribution in [2.24, 2.45) is 0 Å². The fourth-order valence-corrected chi connectivity index (χ4v) is 2.49. The molecule has 0 atom stereocenters. The van der Waals surface area contributed by atoms with Crippen LogP contribution in [-0.2, 0) is 6.54 Å². The van der Waals surface area contributed by atoms with Crippen LogP contribution in [0.3, 0.4) is 0 Å². The molecule has 1 aromatic carbocycles. The van der Waals surface area contributed by atoms with E-state index in [4.69, 9.17) is 0 Å². The summed E-state index contributed by atoms with van der Waals surface area (Å²) in [6.07, 6.45) is 3.84.